The van der Waals surface area contributed by atoms with E-state index in [9.17, 15) is 19.7 Å². The number of aromatic carboxylic acids is 1. The van der Waals surface area contributed by atoms with E-state index in [4.69, 9.17) is 9.84 Å². The van der Waals surface area contributed by atoms with Gasteiger partial charge in [-0.25, -0.2) is 4.79 Å². The largest absolute Gasteiger partial charge is 0.478 e. The number of rotatable bonds is 3. The molecule has 0 spiro atoms. The summed E-state index contributed by atoms with van der Waals surface area (Å²) in [6.45, 7) is 0.832. The second-order valence-corrected chi connectivity index (χ2v) is 6.09. The highest BCUT2D eigenvalue weighted by atomic mass is 16.6. The first-order valence-electron chi connectivity index (χ1n) is 7.92. The minimum Gasteiger partial charge on any atom is -0.478 e. The van der Waals surface area contributed by atoms with Crippen LogP contribution in [-0.2, 0) is 4.74 Å². The predicted octanol–water partition coefficient (Wildman–Crippen LogP) is 2.08. The molecule has 1 amide bonds. The van der Waals surface area contributed by atoms with E-state index in [0.717, 1.165) is 37.8 Å². The van der Waals surface area contributed by atoms with Crippen molar-refractivity contribution in [3.8, 4) is 0 Å². The zero-order valence-electron chi connectivity index (χ0n) is 13.0. The van der Waals surface area contributed by atoms with Crippen molar-refractivity contribution in [1.82, 2.24) is 4.90 Å². The van der Waals surface area contributed by atoms with E-state index in [1.807, 2.05) is 0 Å². The number of carbonyl (C=O) groups is 2. The fourth-order valence-corrected chi connectivity index (χ4v) is 3.48. The maximum atomic E-state index is 12.9. The Balaban J connectivity index is 1.93. The molecule has 2 unspecified atom stereocenters. The fraction of sp³-hybridized carbons (Fsp3) is 0.500. The predicted molar refractivity (Wildman–Crippen MR) is 83.1 cm³/mol. The Kier molecular flexibility index (Phi) is 4.48. The normalized spacial score (nSPS) is 23.4. The number of nitro benzene ring substituents is 1. The lowest BCUT2D eigenvalue weighted by atomic mass is 9.89. The van der Waals surface area contributed by atoms with E-state index in [1.165, 1.54) is 6.07 Å². The molecule has 1 aliphatic carbocycles. The van der Waals surface area contributed by atoms with Gasteiger partial charge in [0.05, 0.1) is 29.2 Å². The number of carbonyl (C=O) groups excluding carboxylic acids is 1. The molecule has 2 aliphatic rings. The molecule has 128 valence electrons. The third kappa shape index (κ3) is 3.09. The van der Waals surface area contributed by atoms with Crippen LogP contribution >= 0.6 is 0 Å². The Morgan fingerprint density at radius 3 is 2.62 bits per heavy atom. The van der Waals surface area contributed by atoms with Gasteiger partial charge >= 0.3 is 5.97 Å². The first kappa shape index (κ1) is 16.4. The maximum absolute atomic E-state index is 12.9. The fourth-order valence-electron chi connectivity index (χ4n) is 3.48. The number of carboxylic acids is 1. The molecule has 2 fully saturated rings. The van der Waals surface area contributed by atoms with Crippen molar-refractivity contribution in [2.75, 3.05) is 13.2 Å². The molecule has 1 N–H and O–H groups in total. The van der Waals surface area contributed by atoms with Crippen molar-refractivity contribution in [2.45, 2.75) is 37.8 Å². The van der Waals surface area contributed by atoms with Crippen molar-refractivity contribution in [3.05, 3.63) is 39.4 Å². The van der Waals surface area contributed by atoms with Gasteiger partial charge in [-0.2, -0.15) is 0 Å². The number of hydrogen-bond donors (Lipinski definition) is 1. The number of morpholine rings is 1. The summed E-state index contributed by atoms with van der Waals surface area (Å²) in [6.07, 6.45) is 3.78. The Labute approximate surface area is 138 Å². The summed E-state index contributed by atoms with van der Waals surface area (Å²) in [7, 11) is 0. The van der Waals surface area contributed by atoms with E-state index < -0.39 is 16.6 Å². The van der Waals surface area contributed by atoms with Gasteiger partial charge in [-0.05, 0) is 18.9 Å². The van der Waals surface area contributed by atoms with Crippen LogP contribution in [-0.4, -0.2) is 52.1 Å². The summed E-state index contributed by atoms with van der Waals surface area (Å²) in [4.78, 5) is 36.1. The summed E-state index contributed by atoms with van der Waals surface area (Å²) in [5.41, 5.74) is -0.625. The number of amides is 1. The molecule has 0 radical (unpaired) electrons. The Bertz CT molecular complexity index is 655. The lowest BCUT2D eigenvalue weighted by molar-refractivity contribution is -0.384. The molecule has 24 heavy (non-hydrogen) atoms. The lowest BCUT2D eigenvalue weighted by Crippen LogP contribution is -2.54. The monoisotopic (exact) mass is 334 g/mol. The third-order valence-corrected chi connectivity index (χ3v) is 4.62. The van der Waals surface area contributed by atoms with Crippen molar-refractivity contribution in [2.24, 2.45) is 0 Å². The maximum Gasteiger partial charge on any atom is 0.335 e. The van der Waals surface area contributed by atoms with Crippen LogP contribution in [0, 0.1) is 10.1 Å². The summed E-state index contributed by atoms with van der Waals surface area (Å²) in [5, 5.41) is 20.2. The molecule has 8 nitrogen and oxygen atoms in total. The molecular weight excluding hydrogens is 316 g/mol. The van der Waals surface area contributed by atoms with Crippen LogP contribution < -0.4 is 0 Å². The molecule has 0 bridgehead atoms. The van der Waals surface area contributed by atoms with Gasteiger partial charge in [0.25, 0.3) is 11.6 Å². The van der Waals surface area contributed by atoms with E-state index in [1.54, 1.807) is 4.90 Å². The number of non-ortho nitro benzene ring substituents is 1. The highest BCUT2D eigenvalue weighted by Gasteiger charge is 2.37. The average molecular weight is 334 g/mol. The van der Waals surface area contributed by atoms with Crippen molar-refractivity contribution in [3.63, 3.8) is 0 Å². The highest BCUT2D eigenvalue weighted by molar-refractivity contribution is 5.98. The summed E-state index contributed by atoms with van der Waals surface area (Å²) >= 11 is 0. The number of fused-ring (bicyclic) bond motifs is 1. The lowest BCUT2D eigenvalue weighted by Gasteiger charge is -2.43. The first-order chi connectivity index (χ1) is 11.5. The number of benzene rings is 1. The SMILES string of the molecule is O=C(O)c1cc(C(=O)N2CCOC3CCCCC32)cc([N+](=O)[O-])c1. The first-order valence-corrected chi connectivity index (χ1v) is 7.92. The van der Waals surface area contributed by atoms with Gasteiger partial charge in [-0.1, -0.05) is 12.8 Å². The topological polar surface area (TPSA) is 110 Å². The Morgan fingerprint density at radius 2 is 1.92 bits per heavy atom. The Hall–Kier alpha value is -2.48. The van der Waals surface area contributed by atoms with E-state index in [-0.39, 0.29) is 29.2 Å². The van der Waals surface area contributed by atoms with Crippen LogP contribution in [0.15, 0.2) is 18.2 Å². The van der Waals surface area contributed by atoms with Crippen LogP contribution in [0.2, 0.25) is 0 Å². The average Bonchev–Trinajstić information content (AvgIpc) is 2.60. The van der Waals surface area contributed by atoms with Crippen LogP contribution in [0.3, 0.4) is 0 Å². The van der Waals surface area contributed by atoms with Gasteiger partial charge < -0.3 is 14.7 Å². The molecule has 3 rings (SSSR count). The van der Waals surface area contributed by atoms with Gasteiger partial charge in [0, 0.05) is 24.2 Å². The van der Waals surface area contributed by atoms with Crippen LogP contribution in [0.5, 0.6) is 0 Å². The van der Waals surface area contributed by atoms with Gasteiger partial charge in [0.2, 0.25) is 0 Å². The summed E-state index contributed by atoms with van der Waals surface area (Å²) in [6, 6.07) is 3.25. The molecule has 0 aromatic heterocycles. The van der Waals surface area contributed by atoms with Crippen molar-refractivity contribution < 1.29 is 24.4 Å². The number of nitrogens with zero attached hydrogens (tertiary/aromatic N) is 2. The smallest absolute Gasteiger partial charge is 0.335 e. The molecule has 1 saturated heterocycles. The van der Waals surface area contributed by atoms with Crippen LogP contribution in [0.25, 0.3) is 0 Å². The summed E-state index contributed by atoms with van der Waals surface area (Å²) in [5.74, 6) is -1.67. The molecule has 1 aliphatic heterocycles. The third-order valence-electron chi connectivity index (χ3n) is 4.62. The molecule has 1 saturated carbocycles. The van der Waals surface area contributed by atoms with Gasteiger partial charge in [0.15, 0.2) is 0 Å². The molecular formula is C16H18N2O6. The van der Waals surface area contributed by atoms with Crippen LogP contribution in [0.1, 0.15) is 46.4 Å². The summed E-state index contributed by atoms with van der Waals surface area (Å²) < 4.78 is 5.73. The second kappa shape index (κ2) is 6.56. The molecule has 1 aromatic rings. The number of hydrogen-bond acceptors (Lipinski definition) is 5. The zero-order chi connectivity index (χ0) is 17.3. The zero-order valence-corrected chi connectivity index (χ0v) is 13.0. The molecule has 8 heteroatoms. The standard InChI is InChI=1S/C16H18N2O6/c19-15(17-5-6-24-14-4-2-1-3-13(14)17)10-7-11(16(20)21)9-12(8-10)18(22)23/h7-9,13-14H,1-6H2,(H,20,21). The van der Waals surface area contributed by atoms with Crippen LogP contribution in [0.4, 0.5) is 5.69 Å². The molecule has 2 atom stereocenters. The van der Waals surface area contributed by atoms with Crippen molar-refractivity contribution in [1.29, 1.82) is 0 Å². The minimum atomic E-state index is -1.30. The molecule has 1 heterocycles. The van der Waals surface area contributed by atoms with E-state index >= 15 is 0 Å². The van der Waals surface area contributed by atoms with E-state index in [2.05, 4.69) is 0 Å². The Morgan fingerprint density at radius 1 is 1.21 bits per heavy atom. The highest BCUT2D eigenvalue weighted by Crippen LogP contribution is 2.30. The second-order valence-electron chi connectivity index (χ2n) is 6.09. The minimum absolute atomic E-state index is 0.00547. The van der Waals surface area contributed by atoms with E-state index in [0.29, 0.717) is 13.2 Å². The van der Waals surface area contributed by atoms with Gasteiger partial charge in [-0.15, -0.1) is 0 Å². The molecule has 1 aromatic carbocycles. The van der Waals surface area contributed by atoms with Gasteiger partial charge in [-0.3, -0.25) is 14.9 Å². The van der Waals surface area contributed by atoms with Gasteiger partial charge in [0.1, 0.15) is 0 Å². The van der Waals surface area contributed by atoms with Crippen molar-refractivity contribution >= 4 is 17.6 Å². The number of carboxylic acid groups (broad SMARTS) is 1. The number of ether oxygens (including phenoxy) is 1. The number of nitro groups is 1. The quantitative estimate of drug-likeness (QED) is 0.669.